The molecule has 13 heavy (non-hydrogen) atoms. The Kier molecular flexibility index (Phi) is 1.99. The molecule has 1 amide bonds. The van der Waals surface area contributed by atoms with Crippen LogP contribution in [0.2, 0.25) is 0 Å². The predicted octanol–water partition coefficient (Wildman–Crippen LogP) is -0.166. The summed E-state index contributed by atoms with van der Waals surface area (Å²) in [5.74, 6) is 0.0683. The summed E-state index contributed by atoms with van der Waals surface area (Å²) in [6.45, 7) is 1.21. The maximum Gasteiger partial charge on any atom is 0.215 e. The standard InChI is InChI=1S/C7H8BN3OS/c8-6(12)11-2-4-1-9-7(13)10-5(4)3-11/h1H,2-3,8H2,(H,9,10,13). The summed E-state index contributed by atoms with van der Waals surface area (Å²) < 4.78 is 0. The number of amides is 1. The minimum absolute atomic E-state index is 0.0683. The molecule has 4 nitrogen and oxygen atoms in total. The molecule has 1 aromatic heterocycles. The smallest absolute Gasteiger partial charge is 0.215 e. The van der Waals surface area contributed by atoms with Gasteiger partial charge in [0.25, 0.3) is 0 Å². The van der Waals surface area contributed by atoms with Crippen molar-refractivity contribution >= 4 is 26.3 Å². The molecular formula is C7H8BN3OS. The zero-order chi connectivity index (χ0) is 9.42. The predicted molar refractivity (Wildman–Crippen MR) is 52.5 cm³/mol. The van der Waals surface area contributed by atoms with Crippen molar-refractivity contribution in [2.45, 2.75) is 18.2 Å². The first kappa shape index (κ1) is 8.56. The van der Waals surface area contributed by atoms with Crippen LogP contribution in [0.25, 0.3) is 0 Å². The molecule has 66 valence electrons. The second-order valence-corrected chi connectivity index (χ2v) is 3.42. The number of thiol groups is 1. The molecule has 0 bridgehead atoms. The SMILES string of the molecule is BC(=O)N1Cc2cnc(S)nc2C1. The Balaban J connectivity index is 2.30. The van der Waals surface area contributed by atoms with Crippen molar-refractivity contribution in [2.24, 2.45) is 0 Å². The van der Waals surface area contributed by atoms with Gasteiger partial charge in [-0.25, -0.2) is 9.97 Å². The van der Waals surface area contributed by atoms with E-state index < -0.39 is 0 Å². The first-order valence-electron chi connectivity index (χ1n) is 3.96. The summed E-state index contributed by atoms with van der Waals surface area (Å²) in [6, 6.07) is 0. The molecule has 0 saturated carbocycles. The molecule has 0 unspecified atom stereocenters. The van der Waals surface area contributed by atoms with Crippen molar-refractivity contribution in [1.82, 2.24) is 14.9 Å². The van der Waals surface area contributed by atoms with Gasteiger partial charge in [0.1, 0.15) is 0 Å². The number of hydrogen-bond acceptors (Lipinski definition) is 4. The van der Waals surface area contributed by atoms with Gasteiger partial charge in [-0.3, -0.25) is 4.79 Å². The molecular weight excluding hydrogens is 185 g/mol. The fraction of sp³-hybridized carbons (Fsp3) is 0.286. The highest BCUT2D eigenvalue weighted by molar-refractivity contribution is 7.80. The van der Waals surface area contributed by atoms with Crippen LogP contribution >= 0.6 is 12.6 Å². The van der Waals surface area contributed by atoms with Gasteiger partial charge >= 0.3 is 0 Å². The molecule has 1 aliphatic heterocycles. The Morgan fingerprint density at radius 2 is 2.38 bits per heavy atom. The van der Waals surface area contributed by atoms with Gasteiger partial charge < -0.3 is 4.90 Å². The molecule has 1 aliphatic rings. The van der Waals surface area contributed by atoms with Crippen LogP contribution in [0.15, 0.2) is 11.4 Å². The highest BCUT2D eigenvalue weighted by atomic mass is 32.1. The second-order valence-electron chi connectivity index (χ2n) is 3.02. The van der Waals surface area contributed by atoms with Gasteiger partial charge in [0.2, 0.25) is 7.85 Å². The number of carbonyl (C=O) groups is 1. The number of hydrogen-bond donors (Lipinski definition) is 1. The lowest BCUT2D eigenvalue weighted by Gasteiger charge is -2.11. The molecule has 0 fully saturated rings. The van der Waals surface area contributed by atoms with Gasteiger partial charge in [0.15, 0.2) is 11.0 Å². The summed E-state index contributed by atoms with van der Waals surface area (Å²) in [7, 11) is 1.56. The normalized spacial score (nSPS) is 14.4. The molecule has 2 rings (SSSR count). The Hall–Kier alpha value is -1.04. The third kappa shape index (κ3) is 1.53. The largest absolute Gasteiger partial charge is 0.342 e. The van der Waals surface area contributed by atoms with Crippen LogP contribution in [0, 0.1) is 0 Å². The molecule has 0 spiro atoms. The second kappa shape index (κ2) is 3.03. The maximum atomic E-state index is 11.1. The Morgan fingerprint density at radius 1 is 1.62 bits per heavy atom. The van der Waals surface area contributed by atoms with E-state index in [4.69, 9.17) is 0 Å². The van der Waals surface area contributed by atoms with E-state index in [1.54, 1.807) is 18.9 Å². The van der Waals surface area contributed by atoms with Crippen molar-refractivity contribution in [2.75, 3.05) is 0 Å². The van der Waals surface area contributed by atoms with Gasteiger partial charge in [-0.1, -0.05) is 0 Å². The van der Waals surface area contributed by atoms with E-state index >= 15 is 0 Å². The van der Waals surface area contributed by atoms with Crippen LogP contribution in [-0.4, -0.2) is 28.5 Å². The molecule has 6 heteroatoms. The van der Waals surface area contributed by atoms with Crippen LogP contribution in [0.1, 0.15) is 11.3 Å². The molecule has 0 aromatic carbocycles. The summed E-state index contributed by atoms with van der Waals surface area (Å²) in [5, 5.41) is 0.462. The van der Waals surface area contributed by atoms with Crippen molar-refractivity contribution < 1.29 is 4.79 Å². The average Bonchev–Trinajstić information content (AvgIpc) is 2.46. The number of carbonyl (C=O) groups excluding carboxylic acids is 1. The van der Waals surface area contributed by atoms with E-state index in [1.165, 1.54) is 0 Å². The van der Waals surface area contributed by atoms with Crippen molar-refractivity contribution in [3.05, 3.63) is 17.5 Å². The Bertz CT molecular complexity index is 371. The van der Waals surface area contributed by atoms with E-state index in [0.29, 0.717) is 18.2 Å². The summed E-state index contributed by atoms with van der Waals surface area (Å²) in [4.78, 5) is 20.9. The van der Waals surface area contributed by atoms with Gasteiger partial charge in [0, 0.05) is 18.3 Å². The van der Waals surface area contributed by atoms with E-state index in [9.17, 15) is 4.79 Å². The van der Waals surface area contributed by atoms with Crippen molar-refractivity contribution in [1.29, 1.82) is 0 Å². The van der Waals surface area contributed by atoms with E-state index in [2.05, 4.69) is 22.6 Å². The van der Waals surface area contributed by atoms with Crippen molar-refractivity contribution in [3.63, 3.8) is 0 Å². The third-order valence-corrected chi connectivity index (χ3v) is 2.30. The minimum Gasteiger partial charge on any atom is -0.342 e. The highest BCUT2D eigenvalue weighted by Crippen LogP contribution is 2.20. The molecule has 0 radical (unpaired) electrons. The molecule has 0 atom stereocenters. The molecule has 0 saturated heterocycles. The monoisotopic (exact) mass is 193 g/mol. The average molecular weight is 193 g/mol. The lowest BCUT2D eigenvalue weighted by atomic mass is 10.1. The quantitative estimate of drug-likeness (QED) is 0.353. The van der Waals surface area contributed by atoms with Crippen LogP contribution in [0.4, 0.5) is 4.79 Å². The topological polar surface area (TPSA) is 46.1 Å². The lowest BCUT2D eigenvalue weighted by Crippen LogP contribution is -2.23. The number of aromatic nitrogens is 2. The van der Waals surface area contributed by atoms with Gasteiger partial charge in [0.05, 0.1) is 12.2 Å². The third-order valence-electron chi connectivity index (χ3n) is 2.09. The number of nitrogens with zero attached hydrogens (tertiary/aromatic N) is 3. The highest BCUT2D eigenvalue weighted by Gasteiger charge is 2.21. The summed E-state index contributed by atoms with van der Waals surface area (Å²) >= 11 is 4.04. The molecule has 0 aliphatic carbocycles. The lowest BCUT2D eigenvalue weighted by molar-refractivity contribution is 0.222. The zero-order valence-corrected chi connectivity index (χ0v) is 8.08. The van der Waals surface area contributed by atoms with Crippen LogP contribution in [0.5, 0.6) is 0 Å². The van der Waals surface area contributed by atoms with E-state index in [-0.39, 0.29) is 5.81 Å². The fourth-order valence-corrected chi connectivity index (χ4v) is 1.54. The number of rotatable bonds is 0. The summed E-state index contributed by atoms with van der Waals surface area (Å²) in [5.41, 5.74) is 1.93. The fourth-order valence-electron chi connectivity index (χ4n) is 1.37. The minimum atomic E-state index is 0.0683. The zero-order valence-electron chi connectivity index (χ0n) is 7.19. The maximum absolute atomic E-state index is 11.1. The Labute approximate surface area is 82.2 Å². The van der Waals surface area contributed by atoms with Crippen LogP contribution in [-0.2, 0) is 13.1 Å². The molecule has 2 heterocycles. The van der Waals surface area contributed by atoms with E-state index in [1.807, 2.05) is 0 Å². The van der Waals surface area contributed by atoms with Crippen LogP contribution in [0.3, 0.4) is 0 Å². The number of fused-ring (bicyclic) bond motifs is 1. The van der Waals surface area contributed by atoms with E-state index in [0.717, 1.165) is 11.3 Å². The first-order chi connectivity index (χ1) is 6.16. The summed E-state index contributed by atoms with van der Waals surface area (Å²) in [6.07, 6.45) is 1.73. The van der Waals surface area contributed by atoms with Gasteiger partial charge in [-0.15, -0.1) is 12.6 Å². The van der Waals surface area contributed by atoms with Crippen molar-refractivity contribution in [3.8, 4) is 0 Å². The van der Waals surface area contributed by atoms with Crippen LogP contribution < -0.4 is 0 Å². The molecule has 1 aromatic rings. The first-order valence-corrected chi connectivity index (χ1v) is 4.41. The van der Waals surface area contributed by atoms with Gasteiger partial charge in [-0.05, 0) is 0 Å². The Morgan fingerprint density at radius 3 is 3.08 bits per heavy atom. The van der Waals surface area contributed by atoms with Gasteiger partial charge in [-0.2, -0.15) is 0 Å². The molecule has 0 N–H and O–H groups in total.